The van der Waals surface area contributed by atoms with E-state index in [9.17, 15) is 9.18 Å². The van der Waals surface area contributed by atoms with Crippen LogP contribution < -0.4 is 14.8 Å². The number of carbonyl (C=O) groups excluding carboxylic acids is 1. The lowest BCUT2D eigenvalue weighted by molar-refractivity contribution is -0.152. The van der Waals surface area contributed by atoms with E-state index in [4.69, 9.17) is 14.2 Å². The molecule has 2 aromatic carbocycles. The number of aromatic nitrogens is 1. The smallest absolute Gasteiger partial charge is 0.347 e. The number of halogens is 1. The number of nitrogens with one attached hydrogen (secondary N) is 2. The number of benzene rings is 2. The number of fused-ring (bicyclic) bond motifs is 2. The van der Waals surface area contributed by atoms with Gasteiger partial charge in [0.25, 0.3) is 0 Å². The number of carbonyl (C=O) groups is 1. The van der Waals surface area contributed by atoms with Gasteiger partial charge in [0, 0.05) is 29.7 Å². The Labute approximate surface area is 180 Å². The molecule has 1 aromatic heterocycles. The molecule has 7 heteroatoms. The van der Waals surface area contributed by atoms with Gasteiger partial charge in [0.05, 0.1) is 6.61 Å². The predicted molar refractivity (Wildman–Crippen MR) is 116 cm³/mol. The molecule has 2 heterocycles. The highest BCUT2D eigenvalue weighted by molar-refractivity contribution is 5.83. The number of hydrogen-bond acceptors (Lipinski definition) is 5. The van der Waals surface area contributed by atoms with E-state index in [1.165, 1.54) is 6.07 Å². The Morgan fingerprint density at radius 3 is 3.03 bits per heavy atom. The summed E-state index contributed by atoms with van der Waals surface area (Å²) in [7, 11) is 0. The fourth-order valence-corrected chi connectivity index (χ4v) is 3.79. The van der Waals surface area contributed by atoms with Crippen molar-refractivity contribution in [3.63, 3.8) is 0 Å². The maximum atomic E-state index is 13.5. The number of hydrogen-bond donors (Lipinski definition) is 2. The normalized spacial score (nSPS) is 15.4. The molecule has 164 valence electrons. The third-order valence-electron chi connectivity index (χ3n) is 5.38. The molecule has 2 N–H and O–H groups in total. The van der Waals surface area contributed by atoms with Crippen LogP contribution in [-0.2, 0) is 22.4 Å². The first kappa shape index (κ1) is 21.2. The molecule has 0 aliphatic carbocycles. The second-order valence-corrected chi connectivity index (χ2v) is 7.52. The fraction of sp³-hybridized carbons (Fsp3) is 0.375. The molecule has 0 bridgehead atoms. The number of aryl methyl sites for hydroxylation is 1. The number of esters is 1. The maximum Gasteiger partial charge on any atom is 0.347 e. The van der Waals surface area contributed by atoms with Crippen LogP contribution in [0.15, 0.2) is 42.6 Å². The van der Waals surface area contributed by atoms with Crippen molar-refractivity contribution in [1.29, 1.82) is 0 Å². The SMILES string of the molecule is CCOC(=O)C1CCc2ccc(OCCNCCc3c[nH]c4ccc(F)cc34)cc2O1. The summed E-state index contributed by atoms with van der Waals surface area (Å²) in [5.74, 6) is 0.845. The highest BCUT2D eigenvalue weighted by atomic mass is 19.1. The van der Waals surface area contributed by atoms with Crippen molar-refractivity contribution < 1.29 is 23.4 Å². The number of aromatic amines is 1. The van der Waals surface area contributed by atoms with Gasteiger partial charge in [0.2, 0.25) is 0 Å². The van der Waals surface area contributed by atoms with Crippen LogP contribution in [0, 0.1) is 5.82 Å². The zero-order valence-corrected chi connectivity index (χ0v) is 17.6. The van der Waals surface area contributed by atoms with Crippen molar-refractivity contribution >= 4 is 16.9 Å². The lowest BCUT2D eigenvalue weighted by atomic mass is 10.0. The van der Waals surface area contributed by atoms with Crippen molar-refractivity contribution in [1.82, 2.24) is 10.3 Å². The van der Waals surface area contributed by atoms with Crippen molar-refractivity contribution in [3.8, 4) is 11.5 Å². The summed E-state index contributed by atoms with van der Waals surface area (Å²) in [6.07, 6.45) is 3.57. The first-order valence-electron chi connectivity index (χ1n) is 10.7. The topological polar surface area (TPSA) is 72.6 Å². The first-order chi connectivity index (χ1) is 15.1. The average Bonchev–Trinajstić information content (AvgIpc) is 3.17. The maximum absolute atomic E-state index is 13.5. The minimum Gasteiger partial charge on any atom is -0.492 e. The Morgan fingerprint density at radius 2 is 2.16 bits per heavy atom. The highest BCUT2D eigenvalue weighted by Gasteiger charge is 2.27. The van der Waals surface area contributed by atoms with E-state index in [1.807, 2.05) is 24.4 Å². The molecule has 0 spiro atoms. The van der Waals surface area contributed by atoms with Crippen molar-refractivity contribution in [2.45, 2.75) is 32.3 Å². The van der Waals surface area contributed by atoms with E-state index in [2.05, 4.69) is 10.3 Å². The second-order valence-electron chi connectivity index (χ2n) is 7.52. The Hall–Kier alpha value is -3.06. The number of H-pyrrole nitrogens is 1. The van der Waals surface area contributed by atoms with Gasteiger partial charge < -0.3 is 24.5 Å². The van der Waals surface area contributed by atoms with E-state index in [0.29, 0.717) is 37.7 Å². The zero-order valence-electron chi connectivity index (χ0n) is 17.6. The largest absolute Gasteiger partial charge is 0.492 e. The minimum absolute atomic E-state index is 0.225. The van der Waals surface area contributed by atoms with Gasteiger partial charge in [-0.25, -0.2) is 9.18 Å². The van der Waals surface area contributed by atoms with E-state index in [1.54, 1.807) is 19.1 Å². The molecular weight excluding hydrogens is 399 g/mol. The van der Waals surface area contributed by atoms with Crippen molar-refractivity contribution in [2.24, 2.45) is 0 Å². The zero-order chi connectivity index (χ0) is 21.6. The highest BCUT2D eigenvalue weighted by Crippen LogP contribution is 2.31. The van der Waals surface area contributed by atoms with Gasteiger partial charge in [-0.3, -0.25) is 0 Å². The number of ether oxygens (including phenoxy) is 3. The summed E-state index contributed by atoms with van der Waals surface area (Å²) in [5.41, 5.74) is 3.10. The predicted octanol–water partition coefficient (Wildman–Crippen LogP) is 3.77. The van der Waals surface area contributed by atoms with E-state index < -0.39 is 6.10 Å². The summed E-state index contributed by atoms with van der Waals surface area (Å²) < 4.78 is 30.2. The summed E-state index contributed by atoms with van der Waals surface area (Å²) in [6, 6.07) is 10.5. The quantitative estimate of drug-likeness (QED) is 0.403. The molecule has 3 aromatic rings. The molecule has 4 rings (SSSR count). The third kappa shape index (κ3) is 5.17. The lowest BCUT2D eigenvalue weighted by Gasteiger charge is -2.25. The molecule has 31 heavy (non-hydrogen) atoms. The van der Waals surface area contributed by atoms with E-state index in [0.717, 1.165) is 41.4 Å². The van der Waals surface area contributed by atoms with E-state index in [-0.39, 0.29) is 11.8 Å². The molecule has 0 fully saturated rings. The van der Waals surface area contributed by atoms with Crippen LogP contribution in [0.5, 0.6) is 11.5 Å². The molecular formula is C24H27FN2O4. The Balaban J connectivity index is 1.22. The second kappa shape index (κ2) is 9.83. The first-order valence-corrected chi connectivity index (χ1v) is 10.7. The molecule has 1 unspecified atom stereocenters. The molecule has 1 atom stereocenters. The van der Waals surface area contributed by atoms with Crippen LogP contribution in [0.3, 0.4) is 0 Å². The summed E-state index contributed by atoms with van der Waals surface area (Å²) in [6.45, 7) is 4.08. The average molecular weight is 426 g/mol. The summed E-state index contributed by atoms with van der Waals surface area (Å²) in [5, 5.41) is 4.27. The Morgan fingerprint density at radius 1 is 1.26 bits per heavy atom. The number of rotatable bonds is 9. The minimum atomic E-state index is -0.553. The van der Waals surface area contributed by atoms with Gasteiger partial charge >= 0.3 is 5.97 Å². The summed E-state index contributed by atoms with van der Waals surface area (Å²) in [4.78, 5) is 15.1. The van der Waals surface area contributed by atoms with Crippen LogP contribution in [0.4, 0.5) is 4.39 Å². The molecule has 1 aliphatic heterocycles. The van der Waals surface area contributed by atoms with Gasteiger partial charge in [-0.05, 0) is 68.1 Å². The lowest BCUT2D eigenvalue weighted by Crippen LogP contribution is -2.32. The van der Waals surface area contributed by atoms with Gasteiger partial charge in [-0.1, -0.05) is 6.07 Å². The Bertz CT molecular complexity index is 1050. The van der Waals surface area contributed by atoms with Crippen molar-refractivity contribution in [3.05, 3.63) is 59.5 Å². The summed E-state index contributed by atoms with van der Waals surface area (Å²) >= 11 is 0. The standard InChI is InChI=1S/C24H27FN2O4/c1-2-29-24(28)22-8-4-16-3-6-19(14-23(16)31-22)30-12-11-26-10-9-17-15-27-21-7-5-18(25)13-20(17)21/h3,5-7,13-15,22,26-27H,2,4,8-12H2,1H3. The molecule has 0 saturated heterocycles. The fourth-order valence-electron chi connectivity index (χ4n) is 3.79. The van der Waals surface area contributed by atoms with Gasteiger partial charge in [0.1, 0.15) is 23.9 Å². The molecule has 6 nitrogen and oxygen atoms in total. The van der Waals surface area contributed by atoms with Gasteiger partial charge in [-0.2, -0.15) is 0 Å². The van der Waals surface area contributed by atoms with Gasteiger partial charge in [-0.15, -0.1) is 0 Å². The molecule has 0 saturated carbocycles. The van der Waals surface area contributed by atoms with Crippen LogP contribution in [0.25, 0.3) is 10.9 Å². The molecule has 1 aliphatic rings. The molecule has 0 radical (unpaired) electrons. The molecule has 0 amide bonds. The van der Waals surface area contributed by atoms with Crippen LogP contribution in [0.2, 0.25) is 0 Å². The monoisotopic (exact) mass is 426 g/mol. The van der Waals surface area contributed by atoms with Gasteiger partial charge in [0.15, 0.2) is 6.10 Å². The van der Waals surface area contributed by atoms with Crippen molar-refractivity contribution in [2.75, 3.05) is 26.3 Å². The van der Waals surface area contributed by atoms with Crippen LogP contribution in [0.1, 0.15) is 24.5 Å². The van der Waals surface area contributed by atoms with Crippen LogP contribution >= 0.6 is 0 Å². The van der Waals surface area contributed by atoms with Crippen LogP contribution in [-0.4, -0.2) is 43.4 Å². The Kier molecular flexibility index (Phi) is 6.72. The van der Waals surface area contributed by atoms with E-state index >= 15 is 0 Å². The third-order valence-corrected chi connectivity index (χ3v) is 5.38.